The molecule has 0 fully saturated rings. The predicted molar refractivity (Wildman–Crippen MR) is 114 cm³/mol. The van der Waals surface area contributed by atoms with E-state index in [0.29, 0.717) is 10.8 Å². The van der Waals surface area contributed by atoms with Crippen LogP contribution in [0.15, 0.2) is 49.1 Å². The molecule has 0 aliphatic carbocycles. The van der Waals surface area contributed by atoms with Gasteiger partial charge in [-0.15, -0.1) is 0 Å². The van der Waals surface area contributed by atoms with Gasteiger partial charge < -0.3 is 10.1 Å². The highest BCUT2D eigenvalue weighted by molar-refractivity contribution is 6.31. The van der Waals surface area contributed by atoms with Crippen molar-refractivity contribution in [2.75, 3.05) is 6.61 Å². The van der Waals surface area contributed by atoms with Crippen LogP contribution in [-0.2, 0) is 4.79 Å². The average molecular weight is 413 g/mol. The van der Waals surface area contributed by atoms with Crippen molar-refractivity contribution < 1.29 is 9.53 Å². The van der Waals surface area contributed by atoms with Gasteiger partial charge in [0.15, 0.2) is 6.61 Å². The molecule has 0 saturated heterocycles. The fourth-order valence-electron chi connectivity index (χ4n) is 3.01. The van der Waals surface area contributed by atoms with E-state index in [1.165, 1.54) is 6.33 Å². The third-order valence-corrected chi connectivity index (χ3v) is 5.13. The lowest BCUT2D eigenvalue weighted by Gasteiger charge is -2.18. The molecule has 0 saturated carbocycles. The van der Waals surface area contributed by atoms with Crippen LogP contribution in [0, 0.1) is 6.92 Å². The number of carbonyl (C=O) groups is 1. The molecule has 3 rings (SSSR count). The van der Waals surface area contributed by atoms with Crippen LogP contribution < -0.4 is 10.1 Å². The van der Waals surface area contributed by atoms with Gasteiger partial charge in [0, 0.05) is 5.02 Å². The number of hydrogen-bond donors (Lipinski definition) is 1. The molecule has 1 atom stereocenters. The molecule has 0 aliphatic heterocycles. The van der Waals surface area contributed by atoms with E-state index in [2.05, 4.69) is 29.2 Å². The fourth-order valence-corrected chi connectivity index (χ4v) is 3.19. The summed E-state index contributed by atoms with van der Waals surface area (Å²) in [5, 5.41) is 7.78. The number of aromatic nitrogens is 3. The molecule has 1 N–H and O–H groups in total. The Morgan fingerprint density at radius 3 is 2.55 bits per heavy atom. The first-order chi connectivity index (χ1) is 13.8. The van der Waals surface area contributed by atoms with E-state index in [1.54, 1.807) is 11.0 Å². The lowest BCUT2D eigenvalue weighted by Crippen LogP contribution is -2.31. The predicted octanol–water partition coefficient (Wildman–Crippen LogP) is 4.61. The van der Waals surface area contributed by atoms with E-state index in [1.807, 2.05) is 50.2 Å². The second-order valence-electron chi connectivity index (χ2n) is 7.30. The van der Waals surface area contributed by atoms with E-state index in [9.17, 15) is 4.79 Å². The van der Waals surface area contributed by atoms with Gasteiger partial charge >= 0.3 is 0 Å². The minimum absolute atomic E-state index is 0.0534. The van der Waals surface area contributed by atoms with E-state index in [4.69, 9.17) is 16.3 Å². The van der Waals surface area contributed by atoms with Crippen molar-refractivity contribution in [2.45, 2.75) is 39.7 Å². The summed E-state index contributed by atoms with van der Waals surface area (Å²) in [5.74, 6) is 0.760. The van der Waals surface area contributed by atoms with Gasteiger partial charge in [-0.05, 0) is 60.7 Å². The summed E-state index contributed by atoms with van der Waals surface area (Å²) >= 11 is 6.23. The molecule has 0 aliphatic rings. The molecule has 29 heavy (non-hydrogen) atoms. The molecule has 1 unspecified atom stereocenters. The molecule has 1 heterocycles. The van der Waals surface area contributed by atoms with Gasteiger partial charge in [-0.3, -0.25) is 4.79 Å². The number of aryl methyl sites for hydroxylation is 1. The zero-order chi connectivity index (χ0) is 21.0. The SMILES string of the molecule is Cc1cc(OCC(=O)NC(C)c2ccc(-n3cncn3)cc2)c(C(C)C)cc1Cl. The molecule has 0 spiro atoms. The number of rotatable bonds is 7. The maximum absolute atomic E-state index is 12.4. The van der Waals surface area contributed by atoms with Crippen molar-refractivity contribution in [3.8, 4) is 11.4 Å². The largest absolute Gasteiger partial charge is 0.483 e. The third-order valence-electron chi connectivity index (χ3n) is 4.73. The van der Waals surface area contributed by atoms with Gasteiger partial charge in [-0.2, -0.15) is 5.10 Å². The minimum Gasteiger partial charge on any atom is -0.483 e. The second-order valence-corrected chi connectivity index (χ2v) is 7.71. The second kappa shape index (κ2) is 9.09. The number of carbonyl (C=O) groups excluding carboxylic acids is 1. The first-order valence-corrected chi connectivity index (χ1v) is 9.90. The molecule has 2 aromatic carbocycles. The van der Waals surface area contributed by atoms with Crippen molar-refractivity contribution >= 4 is 17.5 Å². The van der Waals surface area contributed by atoms with Gasteiger partial charge in [0.05, 0.1) is 11.7 Å². The van der Waals surface area contributed by atoms with Crippen molar-refractivity contribution in [3.63, 3.8) is 0 Å². The summed E-state index contributed by atoms with van der Waals surface area (Å²) in [6, 6.07) is 11.5. The van der Waals surface area contributed by atoms with Crippen molar-refractivity contribution in [1.29, 1.82) is 0 Å². The van der Waals surface area contributed by atoms with Gasteiger partial charge in [-0.1, -0.05) is 37.6 Å². The third kappa shape index (κ3) is 5.15. The van der Waals surface area contributed by atoms with Crippen molar-refractivity contribution in [2.24, 2.45) is 0 Å². The standard InChI is InChI=1S/C22H25ClN4O2/c1-14(2)19-10-20(23)15(3)9-21(19)29-11-22(28)26-16(4)17-5-7-18(8-6-17)27-13-24-12-25-27/h5-10,12-14,16H,11H2,1-4H3,(H,26,28). The smallest absolute Gasteiger partial charge is 0.258 e. The number of ether oxygens (including phenoxy) is 1. The Morgan fingerprint density at radius 2 is 1.93 bits per heavy atom. The fraction of sp³-hybridized carbons (Fsp3) is 0.318. The monoisotopic (exact) mass is 412 g/mol. The van der Waals surface area contributed by atoms with E-state index < -0.39 is 0 Å². The molecular weight excluding hydrogens is 388 g/mol. The maximum Gasteiger partial charge on any atom is 0.258 e. The summed E-state index contributed by atoms with van der Waals surface area (Å²) in [6.07, 6.45) is 3.13. The Morgan fingerprint density at radius 1 is 1.21 bits per heavy atom. The average Bonchev–Trinajstić information content (AvgIpc) is 3.23. The molecule has 3 aromatic rings. The molecule has 7 heteroatoms. The van der Waals surface area contributed by atoms with E-state index in [-0.39, 0.29) is 24.5 Å². The summed E-state index contributed by atoms with van der Waals surface area (Å²) in [5.41, 5.74) is 3.82. The molecule has 0 bridgehead atoms. The van der Waals surface area contributed by atoms with Crippen molar-refractivity contribution in [1.82, 2.24) is 20.1 Å². The summed E-state index contributed by atoms with van der Waals surface area (Å²) in [4.78, 5) is 16.3. The zero-order valence-corrected chi connectivity index (χ0v) is 17.8. The number of halogens is 1. The van der Waals surface area contributed by atoms with Gasteiger partial charge in [0.25, 0.3) is 5.91 Å². The lowest BCUT2D eigenvalue weighted by molar-refractivity contribution is -0.123. The Labute approximate surface area is 175 Å². The van der Waals surface area contributed by atoms with Crippen LogP contribution in [0.5, 0.6) is 5.75 Å². The summed E-state index contributed by atoms with van der Waals surface area (Å²) in [7, 11) is 0. The maximum atomic E-state index is 12.4. The Hall–Kier alpha value is -2.86. The zero-order valence-electron chi connectivity index (χ0n) is 17.0. The molecule has 0 radical (unpaired) electrons. The van der Waals surface area contributed by atoms with Crippen LogP contribution in [0.4, 0.5) is 0 Å². The van der Waals surface area contributed by atoms with Crippen LogP contribution >= 0.6 is 11.6 Å². The molecule has 1 amide bonds. The van der Waals surface area contributed by atoms with Crippen LogP contribution in [-0.4, -0.2) is 27.3 Å². The quantitative estimate of drug-likeness (QED) is 0.615. The van der Waals surface area contributed by atoms with Crippen molar-refractivity contribution in [3.05, 3.63) is 70.8 Å². The van der Waals surface area contributed by atoms with Gasteiger partial charge in [-0.25, -0.2) is 9.67 Å². The number of nitrogens with one attached hydrogen (secondary N) is 1. The van der Waals surface area contributed by atoms with Crippen LogP contribution in [0.25, 0.3) is 5.69 Å². The van der Waals surface area contributed by atoms with E-state index in [0.717, 1.165) is 22.4 Å². The number of benzene rings is 2. The Kier molecular flexibility index (Phi) is 6.54. The lowest BCUT2D eigenvalue weighted by atomic mass is 10.0. The highest BCUT2D eigenvalue weighted by atomic mass is 35.5. The molecule has 1 aromatic heterocycles. The van der Waals surface area contributed by atoms with Crippen LogP contribution in [0.1, 0.15) is 49.4 Å². The number of nitrogens with zero attached hydrogens (tertiary/aromatic N) is 3. The van der Waals surface area contributed by atoms with E-state index >= 15 is 0 Å². The topological polar surface area (TPSA) is 69.0 Å². The Balaban J connectivity index is 1.60. The van der Waals surface area contributed by atoms with Gasteiger partial charge in [0.2, 0.25) is 0 Å². The van der Waals surface area contributed by atoms with Crippen LogP contribution in [0.3, 0.4) is 0 Å². The minimum atomic E-state index is -0.180. The van der Waals surface area contributed by atoms with Gasteiger partial charge in [0.1, 0.15) is 18.4 Å². The van der Waals surface area contributed by atoms with Crippen LogP contribution in [0.2, 0.25) is 5.02 Å². The molecular formula is C22H25ClN4O2. The normalized spacial score (nSPS) is 12.1. The number of hydrogen-bond acceptors (Lipinski definition) is 4. The first kappa shape index (κ1) is 20.9. The summed E-state index contributed by atoms with van der Waals surface area (Å²) in [6.45, 7) is 7.94. The highest BCUT2D eigenvalue weighted by Gasteiger charge is 2.14. The first-order valence-electron chi connectivity index (χ1n) is 9.52. The number of amides is 1. The summed E-state index contributed by atoms with van der Waals surface area (Å²) < 4.78 is 7.49. The Bertz CT molecular complexity index is 969. The molecule has 6 nitrogen and oxygen atoms in total. The highest BCUT2D eigenvalue weighted by Crippen LogP contribution is 2.32. The molecule has 152 valence electrons.